The Morgan fingerprint density at radius 1 is 1.50 bits per heavy atom. The summed E-state index contributed by atoms with van der Waals surface area (Å²) in [6.07, 6.45) is 3.26. The van der Waals surface area contributed by atoms with Crippen LogP contribution >= 0.6 is 0 Å². The van der Waals surface area contributed by atoms with Crippen LogP contribution in [0.4, 0.5) is 0 Å². The van der Waals surface area contributed by atoms with Gasteiger partial charge in [-0.2, -0.15) is 0 Å². The van der Waals surface area contributed by atoms with E-state index in [2.05, 4.69) is 10.3 Å². The van der Waals surface area contributed by atoms with Crippen molar-refractivity contribution >= 4 is 11.6 Å². The van der Waals surface area contributed by atoms with Crippen molar-refractivity contribution in [1.82, 2.24) is 14.7 Å². The molecule has 1 fully saturated rings. The van der Waals surface area contributed by atoms with Gasteiger partial charge in [-0.15, -0.1) is 0 Å². The molecule has 6 heteroatoms. The van der Waals surface area contributed by atoms with Gasteiger partial charge in [0, 0.05) is 31.6 Å². The molecule has 1 N–H and O–H groups in total. The number of carbonyl (C=O) groups excluding carboxylic acids is 1. The second-order valence-corrected chi connectivity index (χ2v) is 5.61. The maximum Gasteiger partial charge on any atom is 0.270 e. The maximum atomic E-state index is 12.5. The molecule has 0 radical (unpaired) electrons. The van der Waals surface area contributed by atoms with Crippen LogP contribution in [0.3, 0.4) is 0 Å². The summed E-state index contributed by atoms with van der Waals surface area (Å²) in [5.41, 5.74) is 1.05. The summed E-state index contributed by atoms with van der Waals surface area (Å²) in [7, 11) is 0. The molecule has 2 aromatic heterocycles. The van der Waals surface area contributed by atoms with Crippen molar-refractivity contribution in [1.29, 1.82) is 0 Å². The Hall–Kier alpha value is -2.21. The fraction of sp³-hybridized carbons (Fsp3) is 0.438. The zero-order valence-electron chi connectivity index (χ0n) is 12.5. The lowest BCUT2D eigenvalue weighted by Gasteiger charge is -2.09. The first kappa shape index (κ1) is 14.7. The molecule has 0 aromatic carbocycles. The number of carbonyl (C=O) groups is 1. The number of rotatable bonds is 4. The van der Waals surface area contributed by atoms with E-state index in [1.807, 2.05) is 19.1 Å². The smallest absolute Gasteiger partial charge is 0.270 e. The fourth-order valence-electron chi connectivity index (χ4n) is 2.73. The summed E-state index contributed by atoms with van der Waals surface area (Å²) in [6.45, 7) is 3.92. The van der Waals surface area contributed by atoms with Crippen LogP contribution in [0.2, 0.25) is 0 Å². The van der Waals surface area contributed by atoms with Gasteiger partial charge in [0.2, 0.25) is 0 Å². The highest BCUT2D eigenvalue weighted by Gasteiger charge is 2.17. The number of nitrogens with zero attached hydrogens (tertiary/aromatic N) is 2. The molecule has 0 saturated carbocycles. The van der Waals surface area contributed by atoms with E-state index in [0.717, 1.165) is 31.7 Å². The lowest BCUT2D eigenvalue weighted by Crippen LogP contribution is -2.33. The lowest BCUT2D eigenvalue weighted by atomic mass is 10.1. The first-order valence-electron chi connectivity index (χ1n) is 7.50. The minimum atomic E-state index is -0.367. The summed E-state index contributed by atoms with van der Waals surface area (Å²) < 4.78 is 6.76. The van der Waals surface area contributed by atoms with Gasteiger partial charge in [-0.25, -0.2) is 4.98 Å². The zero-order chi connectivity index (χ0) is 15.5. The monoisotopic (exact) mass is 301 g/mol. The molecular formula is C16H19N3O3. The molecule has 0 unspecified atom stereocenters. The van der Waals surface area contributed by atoms with Crippen LogP contribution in [0.25, 0.3) is 5.65 Å². The number of hydrogen-bond donors (Lipinski definition) is 1. The third-order valence-electron chi connectivity index (χ3n) is 4.03. The SMILES string of the molecule is Cc1cccc2ncc(C(=O)NCC[C@H]3CCOC3)c(=O)n12. The average Bonchev–Trinajstić information content (AvgIpc) is 3.01. The van der Waals surface area contributed by atoms with Gasteiger partial charge in [0.25, 0.3) is 11.5 Å². The molecule has 2 aromatic rings. The van der Waals surface area contributed by atoms with Crippen molar-refractivity contribution in [2.75, 3.05) is 19.8 Å². The molecule has 6 nitrogen and oxygen atoms in total. The van der Waals surface area contributed by atoms with Crippen molar-refractivity contribution < 1.29 is 9.53 Å². The summed E-state index contributed by atoms with van der Waals surface area (Å²) in [6, 6.07) is 5.40. The van der Waals surface area contributed by atoms with Crippen LogP contribution in [-0.2, 0) is 4.74 Å². The number of nitrogens with one attached hydrogen (secondary N) is 1. The summed E-state index contributed by atoms with van der Waals surface area (Å²) in [5, 5.41) is 2.80. The minimum Gasteiger partial charge on any atom is -0.381 e. The quantitative estimate of drug-likeness (QED) is 0.920. The van der Waals surface area contributed by atoms with E-state index in [4.69, 9.17) is 4.74 Å². The van der Waals surface area contributed by atoms with Gasteiger partial charge >= 0.3 is 0 Å². The van der Waals surface area contributed by atoms with Crippen molar-refractivity contribution in [3.63, 3.8) is 0 Å². The zero-order valence-corrected chi connectivity index (χ0v) is 12.5. The van der Waals surface area contributed by atoms with Crippen LogP contribution in [0.1, 0.15) is 28.9 Å². The third kappa shape index (κ3) is 2.87. The molecule has 1 aliphatic heterocycles. The molecule has 0 spiro atoms. The Morgan fingerprint density at radius 2 is 2.36 bits per heavy atom. The van der Waals surface area contributed by atoms with Gasteiger partial charge in [0.05, 0.1) is 0 Å². The predicted octanol–water partition coefficient (Wildman–Crippen LogP) is 1.16. The highest BCUT2D eigenvalue weighted by atomic mass is 16.5. The van der Waals surface area contributed by atoms with Crippen LogP contribution in [0.5, 0.6) is 0 Å². The molecule has 0 aliphatic carbocycles. The van der Waals surface area contributed by atoms with Gasteiger partial charge < -0.3 is 10.1 Å². The van der Waals surface area contributed by atoms with E-state index in [9.17, 15) is 9.59 Å². The maximum absolute atomic E-state index is 12.5. The Labute approximate surface area is 128 Å². The first-order valence-corrected chi connectivity index (χ1v) is 7.50. The van der Waals surface area contributed by atoms with Gasteiger partial charge in [-0.3, -0.25) is 14.0 Å². The van der Waals surface area contributed by atoms with Gasteiger partial charge in [0.15, 0.2) is 0 Å². The highest BCUT2D eigenvalue weighted by molar-refractivity contribution is 5.93. The molecule has 22 heavy (non-hydrogen) atoms. The Morgan fingerprint density at radius 3 is 3.14 bits per heavy atom. The van der Waals surface area contributed by atoms with Crippen LogP contribution in [-0.4, -0.2) is 35.1 Å². The van der Waals surface area contributed by atoms with Crippen molar-refractivity contribution in [3.05, 3.63) is 46.0 Å². The molecule has 3 rings (SSSR count). The van der Waals surface area contributed by atoms with Crippen LogP contribution in [0.15, 0.2) is 29.2 Å². The van der Waals surface area contributed by atoms with Crippen molar-refractivity contribution in [2.24, 2.45) is 5.92 Å². The summed E-state index contributed by atoms with van der Waals surface area (Å²) >= 11 is 0. The Balaban J connectivity index is 1.75. The van der Waals surface area contributed by atoms with Crippen LogP contribution < -0.4 is 10.9 Å². The number of amides is 1. The normalized spacial score (nSPS) is 17.8. The molecule has 0 bridgehead atoms. The Bertz CT molecular complexity index is 748. The predicted molar refractivity (Wildman–Crippen MR) is 82.1 cm³/mol. The van der Waals surface area contributed by atoms with E-state index in [0.29, 0.717) is 18.1 Å². The van der Waals surface area contributed by atoms with E-state index < -0.39 is 0 Å². The van der Waals surface area contributed by atoms with Gasteiger partial charge in [-0.1, -0.05) is 6.07 Å². The second-order valence-electron chi connectivity index (χ2n) is 5.61. The molecular weight excluding hydrogens is 282 g/mol. The van der Waals surface area contributed by atoms with Crippen LogP contribution in [0, 0.1) is 12.8 Å². The van der Waals surface area contributed by atoms with E-state index >= 15 is 0 Å². The standard InChI is InChI=1S/C16H19N3O3/c1-11-3-2-4-14-18-9-13(16(21)19(11)14)15(20)17-7-5-12-6-8-22-10-12/h2-4,9,12H,5-8,10H2,1H3,(H,17,20)/t12-/m0/s1. The van der Waals surface area contributed by atoms with Crippen molar-refractivity contribution in [2.45, 2.75) is 19.8 Å². The number of fused-ring (bicyclic) bond motifs is 1. The lowest BCUT2D eigenvalue weighted by molar-refractivity contribution is 0.0948. The Kier molecular flexibility index (Phi) is 4.20. The number of ether oxygens (including phenoxy) is 1. The van der Waals surface area contributed by atoms with Gasteiger partial charge in [0.1, 0.15) is 11.2 Å². The van der Waals surface area contributed by atoms with E-state index in [-0.39, 0.29) is 17.0 Å². The van der Waals surface area contributed by atoms with E-state index in [1.165, 1.54) is 10.6 Å². The molecule has 1 atom stereocenters. The molecule has 1 saturated heterocycles. The topological polar surface area (TPSA) is 72.7 Å². The number of aryl methyl sites for hydroxylation is 1. The summed E-state index contributed by atoms with van der Waals surface area (Å²) in [4.78, 5) is 28.8. The fourth-order valence-corrected chi connectivity index (χ4v) is 2.73. The molecule has 1 amide bonds. The van der Waals surface area contributed by atoms with E-state index in [1.54, 1.807) is 6.07 Å². The van der Waals surface area contributed by atoms with Gasteiger partial charge in [-0.05, 0) is 37.8 Å². The average molecular weight is 301 g/mol. The molecule has 116 valence electrons. The number of pyridine rings is 1. The first-order chi connectivity index (χ1) is 10.7. The summed E-state index contributed by atoms with van der Waals surface area (Å²) in [5.74, 6) is 0.132. The minimum absolute atomic E-state index is 0.0782. The highest BCUT2D eigenvalue weighted by Crippen LogP contribution is 2.15. The number of aromatic nitrogens is 2. The molecule has 1 aliphatic rings. The third-order valence-corrected chi connectivity index (χ3v) is 4.03. The second kappa shape index (κ2) is 6.27. The number of hydrogen-bond acceptors (Lipinski definition) is 4. The van der Waals surface area contributed by atoms with Crippen molar-refractivity contribution in [3.8, 4) is 0 Å². The molecule has 3 heterocycles. The largest absolute Gasteiger partial charge is 0.381 e.